The van der Waals surface area contributed by atoms with E-state index < -0.39 is 81.6 Å². The Morgan fingerprint density at radius 3 is 2.07 bits per heavy atom. The third-order valence-corrected chi connectivity index (χ3v) is 3.64. The third kappa shape index (κ3) is 12.5. The van der Waals surface area contributed by atoms with Crippen LogP contribution in [0.3, 0.4) is 0 Å². The SMILES string of the molecule is C[C@H](N)C(=O)NCC(=O)N[C@@H](CCC(=O)O)C(=O)N[C@@H](COP(=O)(O)O)C(=O)O. The topological polar surface area (TPSA) is 255 Å². The smallest absolute Gasteiger partial charge is 0.469 e. The Kier molecular flexibility index (Phi) is 11.0. The molecule has 0 radical (unpaired) electrons. The van der Waals surface area contributed by atoms with Crippen LogP contribution in [0.4, 0.5) is 0 Å². The van der Waals surface area contributed by atoms with E-state index in [0.29, 0.717) is 0 Å². The molecule has 0 saturated carbocycles. The molecule has 166 valence electrons. The van der Waals surface area contributed by atoms with Gasteiger partial charge in [-0.15, -0.1) is 0 Å². The fraction of sp³-hybridized carbons (Fsp3) is 0.615. The number of nitrogens with two attached hydrogens (primary N) is 1. The molecule has 15 nitrogen and oxygen atoms in total. The minimum atomic E-state index is -5.01. The van der Waals surface area contributed by atoms with Crippen molar-refractivity contribution in [1.82, 2.24) is 16.0 Å². The molecule has 3 atom stereocenters. The first-order valence-corrected chi connectivity index (χ1v) is 9.53. The maximum absolute atomic E-state index is 12.2. The van der Waals surface area contributed by atoms with E-state index in [1.807, 2.05) is 5.32 Å². The highest BCUT2D eigenvalue weighted by atomic mass is 31.2. The van der Waals surface area contributed by atoms with Gasteiger partial charge in [0.05, 0.1) is 19.2 Å². The molecule has 0 aromatic rings. The third-order valence-electron chi connectivity index (χ3n) is 3.16. The van der Waals surface area contributed by atoms with E-state index in [9.17, 15) is 28.5 Å². The van der Waals surface area contributed by atoms with E-state index in [4.69, 9.17) is 25.7 Å². The van der Waals surface area contributed by atoms with Gasteiger partial charge in [-0.2, -0.15) is 0 Å². The Morgan fingerprint density at radius 1 is 1.03 bits per heavy atom. The summed E-state index contributed by atoms with van der Waals surface area (Å²) in [4.78, 5) is 74.5. The molecular formula is C13H23N4O11P. The summed E-state index contributed by atoms with van der Waals surface area (Å²) in [5.41, 5.74) is 5.30. The number of hydrogen-bond acceptors (Lipinski definition) is 8. The van der Waals surface area contributed by atoms with E-state index in [-0.39, 0.29) is 0 Å². The molecular weight excluding hydrogens is 419 g/mol. The van der Waals surface area contributed by atoms with Gasteiger partial charge in [0.25, 0.3) is 0 Å². The second-order valence-corrected chi connectivity index (χ2v) is 6.98. The van der Waals surface area contributed by atoms with Crippen molar-refractivity contribution >= 4 is 37.5 Å². The molecule has 0 saturated heterocycles. The fourth-order valence-electron chi connectivity index (χ4n) is 1.73. The molecule has 0 aliphatic heterocycles. The van der Waals surface area contributed by atoms with Gasteiger partial charge < -0.3 is 41.7 Å². The van der Waals surface area contributed by atoms with E-state index in [0.717, 1.165) is 0 Å². The highest BCUT2D eigenvalue weighted by molar-refractivity contribution is 7.46. The number of phosphoric ester groups is 1. The fourth-order valence-corrected chi connectivity index (χ4v) is 2.07. The molecule has 16 heteroatoms. The van der Waals surface area contributed by atoms with Crippen molar-refractivity contribution in [3.05, 3.63) is 0 Å². The number of phosphoric acid groups is 1. The summed E-state index contributed by atoms with van der Waals surface area (Å²) >= 11 is 0. The molecule has 0 rings (SSSR count). The van der Waals surface area contributed by atoms with Crippen molar-refractivity contribution in [3.63, 3.8) is 0 Å². The lowest BCUT2D eigenvalue weighted by molar-refractivity contribution is -0.143. The quantitative estimate of drug-likeness (QED) is 0.129. The second-order valence-electron chi connectivity index (χ2n) is 5.74. The van der Waals surface area contributed by atoms with Crippen LogP contribution in [-0.4, -0.2) is 80.9 Å². The Balaban J connectivity index is 5.06. The van der Waals surface area contributed by atoms with Crippen LogP contribution in [0.25, 0.3) is 0 Å². The van der Waals surface area contributed by atoms with Crippen LogP contribution in [0.15, 0.2) is 0 Å². The number of nitrogens with one attached hydrogen (secondary N) is 3. The largest absolute Gasteiger partial charge is 0.481 e. The number of amides is 3. The van der Waals surface area contributed by atoms with Crippen molar-refractivity contribution in [2.75, 3.05) is 13.2 Å². The Bertz CT molecular complexity index is 678. The zero-order valence-electron chi connectivity index (χ0n) is 15.2. The molecule has 0 aliphatic rings. The maximum Gasteiger partial charge on any atom is 0.469 e. The van der Waals surface area contributed by atoms with Gasteiger partial charge >= 0.3 is 19.8 Å². The lowest BCUT2D eigenvalue weighted by Crippen LogP contribution is -2.54. The minimum Gasteiger partial charge on any atom is -0.481 e. The molecule has 0 unspecified atom stereocenters. The summed E-state index contributed by atoms with van der Waals surface area (Å²) in [6.07, 6.45) is -0.999. The molecule has 29 heavy (non-hydrogen) atoms. The molecule has 3 amide bonds. The highest BCUT2D eigenvalue weighted by Crippen LogP contribution is 2.35. The zero-order valence-corrected chi connectivity index (χ0v) is 16.1. The van der Waals surface area contributed by atoms with Crippen LogP contribution in [0.2, 0.25) is 0 Å². The van der Waals surface area contributed by atoms with Gasteiger partial charge in [0, 0.05) is 6.42 Å². The number of carboxylic acid groups (broad SMARTS) is 2. The first-order chi connectivity index (χ1) is 13.2. The predicted octanol–water partition coefficient (Wildman–Crippen LogP) is -3.52. The summed E-state index contributed by atoms with van der Waals surface area (Å²) in [7, 11) is -5.01. The number of rotatable bonds is 13. The van der Waals surface area contributed by atoms with E-state index in [1.54, 1.807) is 0 Å². The van der Waals surface area contributed by atoms with Crippen LogP contribution >= 0.6 is 7.82 Å². The average molecular weight is 442 g/mol. The maximum atomic E-state index is 12.2. The number of carbonyl (C=O) groups excluding carboxylic acids is 3. The molecule has 0 aromatic heterocycles. The van der Waals surface area contributed by atoms with Crippen molar-refractivity contribution in [2.24, 2.45) is 5.73 Å². The summed E-state index contributed by atoms with van der Waals surface area (Å²) in [6, 6.07) is -4.31. The van der Waals surface area contributed by atoms with Crippen LogP contribution in [0, 0.1) is 0 Å². The molecule has 0 aromatic carbocycles. The number of hydrogen-bond donors (Lipinski definition) is 8. The van der Waals surface area contributed by atoms with Gasteiger partial charge in [0.1, 0.15) is 6.04 Å². The molecule has 0 heterocycles. The standard InChI is InChI=1S/C13H23N4O11P/c1-6(14)11(21)15-4-9(18)16-7(2-3-10(19)20)12(22)17-8(13(23)24)5-28-29(25,26)27/h6-8H,2-5,14H2,1H3,(H,15,21)(H,16,18)(H,17,22)(H,19,20)(H,23,24)(H2,25,26,27)/t6-,7-,8-/m0/s1. The van der Waals surface area contributed by atoms with Gasteiger partial charge in [-0.05, 0) is 13.3 Å². The van der Waals surface area contributed by atoms with Crippen molar-refractivity contribution in [3.8, 4) is 0 Å². The van der Waals surface area contributed by atoms with Crippen molar-refractivity contribution < 1.29 is 53.1 Å². The van der Waals surface area contributed by atoms with E-state index in [1.165, 1.54) is 6.92 Å². The van der Waals surface area contributed by atoms with Gasteiger partial charge in [-0.25, -0.2) is 9.36 Å². The predicted molar refractivity (Wildman–Crippen MR) is 93.0 cm³/mol. The van der Waals surface area contributed by atoms with Crippen molar-refractivity contribution in [2.45, 2.75) is 37.9 Å². The minimum absolute atomic E-state index is 0.431. The van der Waals surface area contributed by atoms with Gasteiger partial charge in [0.15, 0.2) is 6.04 Å². The molecule has 0 fully saturated rings. The number of aliphatic carboxylic acids is 2. The van der Waals surface area contributed by atoms with Crippen LogP contribution in [0.1, 0.15) is 19.8 Å². The van der Waals surface area contributed by atoms with Crippen LogP contribution < -0.4 is 21.7 Å². The first-order valence-electron chi connectivity index (χ1n) is 8.00. The molecule has 0 bridgehead atoms. The normalized spacial score (nSPS) is 14.2. The van der Waals surface area contributed by atoms with E-state index >= 15 is 0 Å². The Morgan fingerprint density at radius 2 is 1.62 bits per heavy atom. The summed E-state index contributed by atoms with van der Waals surface area (Å²) in [5.74, 6) is -5.68. The first kappa shape index (κ1) is 26.4. The average Bonchev–Trinajstić information content (AvgIpc) is 2.58. The number of carbonyl (C=O) groups is 5. The monoisotopic (exact) mass is 442 g/mol. The summed E-state index contributed by atoms with van der Waals surface area (Å²) in [6.45, 7) is -0.307. The molecule has 0 spiro atoms. The highest BCUT2D eigenvalue weighted by Gasteiger charge is 2.29. The van der Waals surface area contributed by atoms with Crippen LogP contribution in [-0.2, 0) is 33.1 Å². The lowest BCUT2D eigenvalue weighted by Gasteiger charge is -2.21. The molecule has 0 aliphatic carbocycles. The van der Waals surface area contributed by atoms with Gasteiger partial charge in [-0.1, -0.05) is 0 Å². The van der Waals surface area contributed by atoms with Crippen molar-refractivity contribution in [1.29, 1.82) is 0 Å². The summed E-state index contributed by atoms with van der Waals surface area (Å²) in [5, 5.41) is 23.9. The molecule has 9 N–H and O–H groups in total. The number of carboxylic acids is 2. The Hall–Kier alpha value is -2.58. The van der Waals surface area contributed by atoms with Crippen LogP contribution in [0.5, 0.6) is 0 Å². The van der Waals surface area contributed by atoms with Gasteiger partial charge in [-0.3, -0.25) is 23.7 Å². The van der Waals surface area contributed by atoms with E-state index in [2.05, 4.69) is 15.2 Å². The van der Waals surface area contributed by atoms with Gasteiger partial charge in [0.2, 0.25) is 17.7 Å². The zero-order chi connectivity index (χ0) is 22.8. The summed E-state index contributed by atoms with van der Waals surface area (Å²) < 4.78 is 14.7. The second kappa shape index (κ2) is 12.1. The Labute approximate surface area is 164 Å². The lowest BCUT2D eigenvalue weighted by atomic mass is 10.1.